The van der Waals surface area contributed by atoms with Crippen LogP contribution in [-0.2, 0) is 16.1 Å². The molecular formula is C39H49FN4O7. The molecule has 274 valence electrons. The molecule has 0 unspecified atom stereocenters. The molecule has 0 aliphatic rings. The van der Waals surface area contributed by atoms with E-state index in [1.807, 2.05) is 79.1 Å². The second kappa shape index (κ2) is 20.1. The highest BCUT2D eigenvalue weighted by Crippen LogP contribution is 2.42. The minimum atomic E-state index is -1.18. The number of para-hydroxylation sites is 1. The van der Waals surface area contributed by atoms with Gasteiger partial charge in [0.1, 0.15) is 11.9 Å². The molecule has 0 saturated heterocycles. The number of rotatable bonds is 17. The molecular weight excluding hydrogens is 655 g/mol. The molecule has 0 aliphatic heterocycles. The summed E-state index contributed by atoms with van der Waals surface area (Å²) in [6.45, 7) is 4.86. The monoisotopic (exact) mass is 704 g/mol. The van der Waals surface area contributed by atoms with E-state index in [1.54, 1.807) is 12.1 Å². The number of carbonyl (C=O) groups excluding carboxylic acids is 1. The zero-order chi connectivity index (χ0) is 37.5. The van der Waals surface area contributed by atoms with Crippen LogP contribution in [0.5, 0.6) is 0 Å². The molecule has 1 amide bonds. The Labute approximate surface area is 297 Å². The molecule has 0 fully saturated rings. The predicted molar refractivity (Wildman–Crippen MR) is 196 cm³/mol. The topological polar surface area (TPSA) is 201 Å². The number of hydrogen-bond acceptors (Lipinski definition) is 7. The fraction of sp³-hybridized carbons (Fsp3) is 0.359. The van der Waals surface area contributed by atoms with Crippen molar-refractivity contribution in [3.8, 4) is 22.4 Å². The lowest BCUT2D eigenvalue weighted by Crippen LogP contribution is -2.29. The van der Waals surface area contributed by atoms with Crippen molar-refractivity contribution in [1.29, 1.82) is 0 Å². The first kappa shape index (κ1) is 40.5. The standard InChI is InChI=1S/C33H35FN2O5.C6H14N2O2/c1-21(2)31-30(33(41)35-25-11-7-4-8-12-25)29(22-9-5-3-6-10-22)32(23-13-15-24(34)16-14-23)36(31)18-17-26(37)19-27(38)20-28(39)40;7-4-2-1-3-5(8)6(9)10/h3-16,21,26-27,37-38H,17-20H2,1-2H3,(H,35,41)(H,39,40);5H,1-4,7-8H2,(H,9,10)/t26-,27-;5-/m10/s1. The summed E-state index contributed by atoms with van der Waals surface area (Å²) in [6, 6.07) is 24.1. The van der Waals surface area contributed by atoms with Crippen LogP contribution < -0.4 is 16.8 Å². The van der Waals surface area contributed by atoms with Crippen LogP contribution in [0.1, 0.15) is 74.3 Å². The zero-order valence-electron chi connectivity index (χ0n) is 29.0. The number of halogens is 1. The van der Waals surface area contributed by atoms with E-state index in [4.69, 9.17) is 21.7 Å². The van der Waals surface area contributed by atoms with Crippen molar-refractivity contribution in [2.75, 3.05) is 11.9 Å². The Morgan fingerprint density at radius 3 is 1.98 bits per heavy atom. The Hall–Kier alpha value is -4.88. The maximum Gasteiger partial charge on any atom is 0.320 e. The normalized spacial score (nSPS) is 12.8. The number of carboxylic acids is 2. The number of carbonyl (C=O) groups is 3. The van der Waals surface area contributed by atoms with Crippen LogP contribution in [-0.4, -0.2) is 67.6 Å². The second-order valence-corrected chi connectivity index (χ2v) is 12.6. The Morgan fingerprint density at radius 2 is 1.43 bits per heavy atom. The van der Waals surface area contributed by atoms with E-state index in [1.165, 1.54) is 12.1 Å². The minimum absolute atomic E-state index is 0.0939. The van der Waals surface area contributed by atoms with Crippen molar-refractivity contribution in [2.24, 2.45) is 11.5 Å². The number of carboxylic acid groups (broad SMARTS) is 2. The number of anilines is 1. The van der Waals surface area contributed by atoms with Gasteiger partial charge in [0.05, 0.1) is 29.9 Å². The molecule has 0 bridgehead atoms. The summed E-state index contributed by atoms with van der Waals surface area (Å²) in [5.41, 5.74) is 15.2. The first-order valence-corrected chi connectivity index (χ1v) is 17.0. The van der Waals surface area contributed by atoms with Gasteiger partial charge in [-0.25, -0.2) is 4.39 Å². The average Bonchev–Trinajstić information content (AvgIpc) is 3.44. The first-order valence-electron chi connectivity index (χ1n) is 17.0. The van der Waals surface area contributed by atoms with Crippen molar-refractivity contribution in [3.63, 3.8) is 0 Å². The minimum Gasteiger partial charge on any atom is -0.481 e. The van der Waals surface area contributed by atoms with Gasteiger partial charge in [-0.1, -0.05) is 68.8 Å². The molecule has 1 aromatic heterocycles. The highest BCUT2D eigenvalue weighted by molar-refractivity contribution is 6.12. The van der Waals surface area contributed by atoms with Crippen molar-refractivity contribution in [1.82, 2.24) is 4.57 Å². The fourth-order valence-electron chi connectivity index (χ4n) is 5.84. The first-order chi connectivity index (χ1) is 24.3. The quantitative estimate of drug-likeness (QED) is 0.0660. The van der Waals surface area contributed by atoms with Crippen LogP contribution in [0.4, 0.5) is 10.1 Å². The molecule has 9 N–H and O–H groups in total. The third-order valence-electron chi connectivity index (χ3n) is 8.22. The summed E-state index contributed by atoms with van der Waals surface area (Å²) >= 11 is 0. The summed E-state index contributed by atoms with van der Waals surface area (Å²) in [5.74, 6) is -2.87. The van der Waals surface area contributed by atoms with Gasteiger partial charge in [0.25, 0.3) is 5.91 Å². The van der Waals surface area contributed by atoms with Gasteiger partial charge in [-0.05, 0) is 85.7 Å². The number of nitrogens with zero attached hydrogens (tertiary/aromatic N) is 1. The molecule has 4 aromatic rings. The van der Waals surface area contributed by atoms with Crippen LogP contribution in [0, 0.1) is 5.82 Å². The fourth-order valence-corrected chi connectivity index (χ4v) is 5.84. The van der Waals surface area contributed by atoms with E-state index in [0.717, 1.165) is 24.1 Å². The third kappa shape index (κ3) is 12.1. The summed E-state index contributed by atoms with van der Waals surface area (Å²) in [6.07, 6.45) is -0.343. The molecule has 0 saturated carbocycles. The average molecular weight is 705 g/mol. The number of aliphatic hydroxyl groups excluding tert-OH is 2. The maximum atomic E-state index is 14.0. The number of aliphatic carboxylic acids is 2. The van der Waals surface area contributed by atoms with Gasteiger partial charge in [0.2, 0.25) is 0 Å². The molecule has 0 aliphatic carbocycles. The lowest BCUT2D eigenvalue weighted by molar-refractivity contribution is -0.140. The molecule has 1 heterocycles. The Kier molecular flexibility index (Phi) is 16.0. The van der Waals surface area contributed by atoms with E-state index in [0.29, 0.717) is 41.0 Å². The molecule has 4 rings (SSSR count). The van der Waals surface area contributed by atoms with Crippen LogP contribution in [0.15, 0.2) is 84.9 Å². The lowest BCUT2D eigenvalue weighted by atomic mass is 9.94. The van der Waals surface area contributed by atoms with E-state index in [9.17, 15) is 29.0 Å². The highest BCUT2D eigenvalue weighted by atomic mass is 19.1. The van der Waals surface area contributed by atoms with Gasteiger partial charge < -0.3 is 41.8 Å². The van der Waals surface area contributed by atoms with Crippen molar-refractivity contribution in [3.05, 3.63) is 102 Å². The van der Waals surface area contributed by atoms with Gasteiger partial charge in [-0.15, -0.1) is 0 Å². The SMILES string of the molecule is CC(C)c1c(C(=O)Nc2ccccc2)c(-c2ccccc2)c(-c2ccc(F)cc2)n1CC[C@@H](O)C[C@@H](O)CC(=O)O.NCCCC[C@H](N)C(=O)O. The predicted octanol–water partition coefficient (Wildman–Crippen LogP) is 5.84. The number of nitrogens with one attached hydrogen (secondary N) is 1. The summed E-state index contributed by atoms with van der Waals surface area (Å²) in [7, 11) is 0. The Bertz CT molecular complexity index is 1700. The van der Waals surface area contributed by atoms with Crippen molar-refractivity contribution < 1.29 is 39.2 Å². The van der Waals surface area contributed by atoms with Gasteiger partial charge in [0.15, 0.2) is 0 Å². The highest BCUT2D eigenvalue weighted by Gasteiger charge is 2.31. The molecule has 0 spiro atoms. The van der Waals surface area contributed by atoms with Crippen molar-refractivity contribution in [2.45, 2.75) is 83.1 Å². The van der Waals surface area contributed by atoms with Gasteiger partial charge >= 0.3 is 11.9 Å². The largest absolute Gasteiger partial charge is 0.481 e. The molecule has 3 atom stereocenters. The smallest absolute Gasteiger partial charge is 0.320 e. The number of amides is 1. The molecule has 12 heteroatoms. The van der Waals surface area contributed by atoms with Crippen LogP contribution >= 0.6 is 0 Å². The van der Waals surface area contributed by atoms with Crippen LogP contribution in [0.3, 0.4) is 0 Å². The zero-order valence-corrected chi connectivity index (χ0v) is 29.0. The van der Waals surface area contributed by atoms with Crippen LogP contribution in [0.25, 0.3) is 22.4 Å². The van der Waals surface area contributed by atoms with Gasteiger partial charge in [0, 0.05) is 23.5 Å². The number of aliphatic hydroxyl groups is 2. The molecule has 3 aromatic carbocycles. The number of unbranched alkanes of at least 4 members (excludes halogenated alkanes) is 1. The number of benzene rings is 3. The number of nitrogens with two attached hydrogens (primary N) is 2. The van der Waals surface area contributed by atoms with Crippen LogP contribution in [0.2, 0.25) is 0 Å². The third-order valence-corrected chi connectivity index (χ3v) is 8.22. The number of hydrogen-bond donors (Lipinski definition) is 7. The number of aromatic nitrogens is 1. The van der Waals surface area contributed by atoms with E-state index < -0.39 is 36.6 Å². The summed E-state index contributed by atoms with van der Waals surface area (Å²) in [4.78, 5) is 35.2. The Balaban J connectivity index is 0.000000612. The molecule has 0 radical (unpaired) electrons. The van der Waals surface area contributed by atoms with Crippen molar-refractivity contribution >= 4 is 23.5 Å². The van der Waals surface area contributed by atoms with E-state index in [-0.39, 0.29) is 37.0 Å². The lowest BCUT2D eigenvalue weighted by Gasteiger charge is -2.20. The molecule has 11 nitrogen and oxygen atoms in total. The second-order valence-electron chi connectivity index (χ2n) is 12.6. The van der Waals surface area contributed by atoms with E-state index >= 15 is 0 Å². The van der Waals surface area contributed by atoms with Gasteiger partial charge in [-0.3, -0.25) is 14.4 Å². The van der Waals surface area contributed by atoms with Gasteiger partial charge in [-0.2, -0.15) is 0 Å². The molecule has 51 heavy (non-hydrogen) atoms. The Morgan fingerprint density at radius 1 is 0.824 bits per heavy atom. The maximum absolute atomic E-state index is 14.0. The summed E-state index contributed by atoms with van der Waals surface area (Å²) in [5, 5.41) is 41.1. The van der Waals surface area contributed by atoms with E-state index in [2.05, 4.69) is 5.32 Å². The summed E-state index contributed by atoms with van der Waals surface area (Å²) < 4.78 is 16.0.